The highest BCUT2D eigenvalue weighted by Gasteiger charge is 2.23. The van der Waals surface area contributed by atoms with Gasteiger partial charge in [-0.1, -0.05) is 29.2 Å². The van der Waals surface area contributed by atoms with Gasteiger partial charge in [0.2, 0.25) is 5.91 Å². The first-order chi connectivity index (χ1) is 15.5. The van der Waals surface area contributed by atoms with Gasteiger partial charge in [-0.2, -0.15) is 0 Å². The zero-order valence-electron chi connectivity index (χ0n) is 17.7. The Kier molecular flexibility index (Phi) is 7.55. The molecule has 1 N–H and O–H groups in total. The van der Waals surface area contributed by atoms with E-state index in [9.17, 15) is 9.59 Å². The fourth-order valence-electron chi connectivity index (χ4n) is 3.26. The standard InChI is InChI=1S/C20H23N5O4S3/c1-3-28-18(27)16-12(2)21-19(32-16)22-15(26)11-31-20-24-23-17(14-7-5-9-30-14)25(20)10-13-6-4-8-29-13/h5,7,9,13H,3-4,6,8,10-11H2,1-2H3,(H,21,22,26). The molecule has 1 amide bonds. The van der Waals surface area contributed by atoms with E-state index in [2.05, 4.69) is 20.5 Å². The van der Waals surface area contributed by atoms with Crippen LogP contribution in [0.4, 0.5) is 5.13 Å². The van der Waals surface area contributed by atoms with E-state index in [0.29, 0.717) is 27.4 Å². The number of ether oxygens (including phenoxy) is 2. The molecule has 0 aromatic carbocycles. The van der Waals surface area contributed by atoms with Crippen molar-refractivity contribution in [2.24, 2.45) is 0 Å². The van der Waals surface area contributed by atoms with Crippen LogP contribution in [-0.4, -0.2) is 56.7 Å². The van der Waals surface area contributed by atoms with Gasteiger partial charge in [-0.15, -0.1) is 21.5 Å². The van der Waals surface area contributed by atoms with Crippen molar-refractivity contribution in [3.05, 3.63) is 28.1 Å². The van der Waals surface area contributed by atoms with Crippen LogP contribution in [0.25, 0.3) is 10.7 Å². The van der Waals surface area contributed by atoms with Gasteiger partial charge in [0.1, 0.15) is 4.88 Å². The fourth-order valence-corrected chi connectivity index (χ4v) is 5.60. The second-order valence-corrected chi connectivity index (χ2v) is 9.91. The lowest BCUT2D eigenvalue weighted by Crippen LogP contribution is -2.18. The van der Waals surface area contributed by atoms with Crippen LogP contribution < -0.4 is 5.32 Å². The number of thiazole rings is 1. The number of carbonyl (C=O) groups is 2. The largest absolute Gasteiger partial charge is 0.462 e. The summed E-state index contributed by atoms with van der Waals surface area (Å²) in [6, 6.07) is 3.99. The number of thiophene rings is 1. The van der Waals surface area contributed by atoms with Gasteiger partial charge in [-0.3, -0.25) is 9.36 Å². The second kappa shape index (κ2) is 10.6. The van der Waals surface area contributed by atoms with E-state index in [-0.39, 0.29) is 24.4 Å². The van der Waals surface area contributed by atoms with Crippen molar-refractivity contribution in [2.75, 3.05) is 24.3 Å². The van der Waals surface area contributed by atoms with Gasteiger partial charge >= 0.3 is 5.97 Å². The second-order valence-electron chi connectivity index (χ2n) is 7.02. The number of amides is 1. The molecule has 1 unspecified atom stereocenters. The molecule has 4 rings (SSSR count). The van der Waals surface area contributed by atoms with Crippen LogP contribution in [0.5, 0.6) is 0 Å². The number of carbonyl (C=O) groups excluding carboxylic acids is 2. The van der Waals surface area contributed by atoms with Crippen LogP contribution in [0, 0.1) is 6.92 Å². The van der Waals surface area contributed by atoms with Crippen molar-refractivity contribution in [1.82, 2.24) is 19.7 Å². The average molecular weight is 494 g/mol. The number of nitrogens with zero attached hydrogens (tertiary/aromatic N) is 4. The molecule has 3 aromatic rings. The lowest BCUT2D eigenvalue weighted by molar-refractivity contribution is -0.113. The number of esters is 1. The predicted molar refractivity (Wildman–Crippen MR) is 124 cm³/mol. The van der Waals surface area contributed by atoms with Gasteiger partial charge in [0, 0.05) is 6.61 Å². The molecule has 0 radical (unpaired) electrons. The van der Waals surface area contributed by atoms with Crippen molar-refractivity contribution in [3.63, 3.8) is 0 Å². The summed E-state index contributed by atoms with van der Waals surface area (Å²) in [6.45, 7) is 5.17. The molecule has 32 heavy (non-hydrogen) atoms. The highest BCUT2D eigenvalue weighted by Crippen LogP contribution is 2.29. The number of aromatic nitrogens is 4. The Hall–Kier alpha value is -2.28. The van der Waals surface area contributed by atoms with Gasteiger partial charge in [0.25, 0.3) is 0 Å². The van der Waals surface area contributed by atoms with E-state index >= 15 is 0 Å². The average Bonchev–Trinajstić information content (AvgIpc) is 3.55. The molecule has 1 aliphatic heterocycles. The van der Waals surface area contributed by atoms with Crippen LogP contribution in [0.2, 0.25) is 0 Å². The Bertz CT molecular complexity index is 1070. The fraction of sp³-hybridized carbons (Fsp3) is 0.450. The molecule has 4 heterocycles. The number of anilines is 1. The summed E-state index contributed by atoms with van der Waals surface area (Å²) in [7, 11) is 0. The van der Waals surface area contributed by atoms with Gasteiger partial charge in [0.05, 0.1) is 35.6 Å². The Morgan fingerprint density at radius 2 is 2.28 bits per heavy atom. The zero-order valence-corrected chi connectivity index (χ0v) is 20.1. The van der Waals surface area contributed by atoms with Crippen LogP contribution in [0.15, 0.2) is 22.7 Å². The number of hydrogen-bond donors (Lipinski definition) is 1. The summed E-state index contributed by atoms with van der Waals surface area (Å²) in [5.41, 5.74) is 0.535. The Morgan fingerprint density at radius 3 is 3.00 bits per heavy atom. The number of aryl methyl sites for hydroxylation is 1. The van der Waals surface area contributed by atoms with E-state index in [1.165, 1.54) is 11.8 Å². The lowest BCUT2D eigenvalue weighted by Gasteiger charge is -2.14. The third-order valence-electron chi connectivity index (χ3n) is 4.70. The van der Waals surface area contributed by atoms with E-state index in [0.717, 1.165) is 41.5 Å². The summed E-state index contributed by atoms with van der Waals surface area (Å²) < 4.78 is 12.9. The van der Waals surface area contributed by atoms with Gasteiger partial charge in [-0.05, 0) is 38.1 Å². The Balaban J connectivity index is 1.42. The molecule has 0 saturated carbocycles. The Labute approximate surface area is 197 Å². The van der Waals surface area contributed by atoms with Crippen molar-refractivity contribution >= 4 is 51.4 Å². The predicted octanol–water partition coefficient (Wildman–Crippen LogP) is 3.86. The van der Waals surface area contributed by atoms with Crippen molar-refractivity contribution in [1.29, 1.82) is 0 Å². The van der Waals surface area contributed by atoms with E-state index in [4.69, 9.17) is 9.47 Å². The molecule has 1 aliphatic rings. The third kappa shape index (κ3) is 5.37. The number of rotatable bonds is 9. The van der Waals surface area contributed by atoms with Crippen molar-refractivity contribution in [3.8, 4) is 10.7 Å². The number of hydrogen-bond acceptors (Lipinski definition) is 10. The molecular formula is C20H23N5O4S3. The monoisotopic (exact) mass is 493 g/mol. The molecule has 12 heteroatoms. The zero-order chi connectivity index (χ0) is 22.5. The summed E-state index contributed by atoms with van der Waals surface area (Å²) in [5.74, 6) is 0.263. The number of nitrogens with one attached hydrogen (secondary N) is 1. The van der Waals surface area contributed by atoms with Crippen LogP contribution in [0.3, 0.4) is 0 Å². The highest BCUT2D eigenvalue weighted by molar-refractivity contribution is 7.99. The van der Waals surface area contributed by atoms with E-state index < -0.39 is 5.97 Å². The minimum Gasteiger partial charge on any atom is -0.462 e. The summed E-state index contributed by atoms with van der Waals surface area (Å²) in [4.78, 5) is 30.2. The minimum absolute atomic E-state index is 0.123. The molecule has 1 fully saturated rings. The third-order valence-corrected chi connectivity index (χ3v) is 7.59. The lowest BCUT2D eigenvalue weighted by atomic mass is 10.2. The summed E-state index contributed by atoms with van der Waals surface area (Å²) >= 11 is 4.02. The van der Waals surface area contributed by atoms with Crippen molar-refractivity contribution < 1.29 is 19.1 Å². The molecule has 3 aromatic heterocycles. The molecular weight excluding hydrogens is 470 g/mol. The van der Waals surface area contributed by atoms with E-state index in [1.807, 2.05) is 22.1 Å². The molecule has 1 atom stereocenters. The molecule has 0 spiro atoms. The maximum Gasteiger partial charge on any atom is 0.350 e. The minimum atomic E-state index is -0.430. The summed E-state index contributed by atoms with van der Waals surface area (Å²) in [6.07, 6.45) is 2.17. The van der Waals surface area contributed by atoms with Gasteiger partial charge in [-0.25, -0.2) is 9.78 Å². The highest BCUT2D eigenvalue weighted by atomic mass is 32.2. The molecule has 0 bridgehead atoms. The smallest absolute Gasteiger partial charge is 0.350 e. The number of thioether (sulfide) groups is 1. The Morgan fingerprint density at radius 1 is 1.41 bits per heavy atom. The summed E-state index contributed by atoms with van der Waals surface area (Å²) in [5, 5.41) is 14.5. The first-order valence-corrected chi connectivity index (χ1v) is 12.9. The topological polar surface area (TPSA) is 108 Å². The maximum atomic E-state index is 12.5. The SMILES string of the molecule is CCOC(=O)c1sc(NC(=O)CSc2nnc(-c3cccs3)n2CC2CCCO2)nc1C. The van der Waals surface area contributed by atoms with Crippen LogP contribution in [0.1, 0.15) is 35.1 Å². The molecule has 170 valence electrons. The first-order valence-electron chi connectivity index (χ1n) is 10.2. The quantitative estimate of drug-likeness (QED) is 0.354. The molecule has 1 saturated heterocycles. The molecule has 0 aliphatic carbocycles. The van der Waals surface area contributed by atoms with Gasteiger partial charge in [0.15, 0.2) is 16.1 Å². The van der Waals surface area contributed by atoms with Crippen LogP contribution >= 0.6 is 34.4 Å². The van der Waals surface area contributed by atoms with Crippen LogP contribution in [-0.2, 0) is 20.8 Å². The maximum absolute atomic E-state index is 12.5. The van der Waals surface area contributed by atoms with E-state index in [1.54, 1.807) is 25.2 Å². The molecule has 9 nitrogen and oxygen atoms in total. The van der Waals surface area contributed by atoms with Crippen molar-refractivity contribution in [2.45, 2.75) is 44.5 Å². The first kappa shape index (κ1) is 22.9. The normalized spacial score (nSPS) is 15.8. The van der Waals surface area contributed by atoms with Gasteiger partial charge < -0.3 is 14.8 Å².